The molecule has 1 aliphatic carbocycles. The number of rotatable bonds is 4. The molecule has 3 rings (SSSR count). The average molecular weight is 260 g/mol. The summed E-state index contributed by atoms with van der Waals surface area (Å²) in [4.78, 5) is 0. The van der Waals surface area contributed by atoms with Crippen LogP contribution in [0.15, 0.2) is 35.0 Å². The lowest BCUT2D eigenvalue weighted by molar-refractivity contribution is 0.180. The van der Waals surface area contributed by atoms with E-state index in [-0.39, 0.29) is 6.10 Å². The zero-order valence-corrected chi connectivity index (χ0v) is 11.0. The Kier molecular flexibility index (Phi) is 3.35. The number of hydrogen-bond acceptors (Lipinski definition) is 3. The van der Waals surface area contributed by atoms with Crippen molar-refractivity contribution in [1.29, 1.82) is 0 Å². The van der Waals surface area contributed by atoms with Crippen LogP contribution in [-0.4, -0.2) is 11.7 Å². The van der Waals surface area contributed by atoms with E-state index in [0.29, 0.717) is 6.61 Å². The molecule has 0 aliphatic heterocycles. The molecule has 0 saturated heterocycles. The molecule has 1 N–H and O–H groups in total. The predicted octanol–water partition coefficient (Wildman–Crippen LogP) is 3.35. The van der Waals surface area contributed by atoms with Crippen molar-refractivity contribution >= 4 is 11.3 Å². The van der Waals surface area contributed by atoms with Gasteiger partial charge in [0.25, 0.3) is 0 Å². The molecule has 2 aromatic rings. The summed E-state index contributed by atoms with van der Waals surface area (Å²) < 4.78 is 5.76. The van der Waals surface area contributed by atoms with Gasteiger partial charge in [-0.3, -0.25) is 0 Å². The van der Waals surface area contributed by atoms with Crippen molar-refractivity contribution in [1.82, 2.24) is 0 Å². The molecule has 0 amide bonds. The second-order valence-electron chi connectivity index (χ2n) is 4.65. The summed E-state index contributed by atoms with van der Waals surface area (Å²) in [6.45, 7) is 0.706. The third-order valence-electron chi connectivity index (χ3n) is 3.40. The molecule has 0 radical (unpaired) electrons. The highest BCUT2D eigenvalue weighted by Crippen LogP contribution is 2.33. The van der Waals surface area contributed by atoms with Gasteiger partial charge in [-0.2, -0.15) is 11.3 Å². The second kappa shape index (κ2) is 5.12. The molecule has 94 valence electrons. The van der Waals surface area contributed by atoms with Gasteiger partial charge in [0.05, 0.1) is 12.7 Å². The van der Waals surface area contributed by atoms with Crippen molar-refractivity contribution < 1.29 is 9.84 Å². The standard InChI is InChI=1S/C15H16O2S/c16-15-4-1-12-9-13(2-3-14(12)15)17-7-5-11-6-8-18-10-11/h2-3,6,8-10,15-16H,1,4-5,7H2/t15-/m1/s1. The molecule has 0 saturated carbocycles. The lowest BCUT2D eigenvalue weighted by atomic mass is 10.1. The van der Waals surface area contributed by atoms with Crippen molar-refractivity contribution in [2.75, 3.05) is 6.61 Å². The quantitative estimate of drug-likeness (QED) is 0.913. The van der Waals surface area contributed by atoms with Crippen LogP contribution in [0.25, 0.3) is 0 Å². The molecule has 1 aromatic carbocycles. The van der Waals surface area contributed by atoms with E-state index in [2.05, 4.69) is 22.9 Å². The normalized spacial score (nSPS) is 17.7. The maximum atomic E-state index is 9.73. The van der Waals surface area contributed by atoms with Crippen LogP contribution in [0, 0.1) is 0 Å². The van der Waals surface area contributed by atoms with E-state index < -0.39 is 0 Å². The topological polar surface area (TPSA) is 29.5 Å². The van der Waals surface area contributed by atoms with Crippen LogP contribution in [-0.2, 0) is 12.8 Å². The number of aliphatic hydroxyl groups excluding tert-OH is 1. The first kappa shape index (κ1) is 11.8. The third kappa shape index (κ3) is 2.42. The predicted molar refractivity (Wildman–Crippen MR) is 73.2 cm³/mol. The molecule has 1 heterocycles. The summed E-state index contributed by atoms with van der Waals surface area (Å²) in [5, 5.41) is 14.0. The van der Waals surface area contributed by atoms with Gasteiger partial charge < -0.3 is 9.84 Å². The Balaban J connectivity index is 1.60. The van der Waals surface area contributed by atoms with Crippen LogP contribution >= 0.6 is 11.3 Å². The van der Waals surface area contributed by atoms with Crippen molar-refractivity contribution in [3.8, 4) is 5.75 Å². The fraction of sp³-hybridized carbons (Fsp3) is 0.333. The Morgan fingerprint density at radius 3 is 3.11 bits per heavy atom. The fourth-order valence-corrected chi connectivity index (χ4v) is 3.09. The Labute approximate surface area is 111 Å². The van der Waals surface area contributed by atoms with Gasteiger partial charge in [0, 0.05) is 6.42 Å². The monoisotopic (exact) mass is 260 g/mol. The first-order valence-electron chi connectivity index (χ1n) is 6.28. The number of hydrogen-bond donors (Lipinski definition) is 1. The maximum absolute atomic E-state index is 9.73. The zero-order chi connectivity index (χ0) is 12.4. The number of fused-ring (bicyclic) bond motifs is 1. The lowest BCUT2D eigenvalue weighted by Crippen LogP contribution is -2.01. The fourth-order valence-electron chi connectivity index (χ4n) is 2.38. The van der Waals surface area contributed by atoms with Gasteiger partial charge in [0.2, 0.25) is 0 Å². The van der Waals surface area contributed by atoms with E-state index in [9.17, 15) is 5.11 Å². The minimum Gasteiger partial charge on any atom is -0.493 e. The van der Waals surface area contributed by atoms with E-state index in [1.807, 2.05) is 12.1 Å². The SMILES string of the molecule is O[C@@H]1CCc2cc(OCCc3ccsc3)ccc21. The maximum Gasteiger partial charge on any atom is 0.119 e. The van der Waals surface area contributed by atoms with Crippen molar-refractivity contribution in [2.45, 2.75) is 25.4 Å². The molecular weight excluding hydrogens is 244 g/mol. The summed E-state index contributed by atoms with van der Waals surface area (Å²) in [5.41, 5.74) is 3.63. The highest BCUT2D eigenvalue weighted by Gasteiger charge is 2.20. The van der Waals surface area contributed by atoms with Crippen LogP contribution in [0.3, 0.4) is 0 Å². The molecule has 0 spiro atoms. The summed E-state index contributed by atoms with van der Waals surface area (Å²) >= 11 is 1.72. The minimum atomic E-state index is -0.278. The van der Waals surface area contributed by atoms with Crippen LogP contribution in [0.2, 0.25) is 0 Å². The van der Waals surface area contributed by atoms with Gasteiger partial charge in [-0.05, 0) is 58.5 Å². The summed E-state index contributed by atoms with van der Waals surface area (Å²) in [6.07, 6.45) is 2.47. The number of ether oxygens (including phenoxy) is 1. The van der Waals surface area contributed by atoms with E-state index in [1.54, 1.807) is 11.3 Å². The molecule has 0 fully saturated rings. The van der Waals surface area contributed by atoms with Crippen LogP contribution < -0.4 is 4.74 Å². The van der Waals surface area contributed by atoms with E-state index in [1.165, 1.54) is 11.1 Å². The van der Waals surface area contributed by atoms with Crippen LogP contribution in [0.1, 0.15) is 29.2 Å². The highest BCUT2D eigenvalue weighted by atomic mass is 32.1. The van der Waals surface area contributed by atoms with Gasteiger partial charge in [0.15, 0.2) is 0 Å². The van der Waals surface area contributed by atoms with Gasteiger partial charge in [0.1, 0.15) is 5.75 Å². The van der Waals surface area contributed by atoms with Gasteiger partial charge in [-0.25, -0.2) is 0 Å². The van der Waals surface area contributed by atoms with Crippen LogP contribution in [0.5, 0.6) is 5.75 Å². The van der Waals surface area contributed by atoms with Gasteiger partial charge >= 0.3 is 0 Å². The van der Waals surface area contributed by atoms with Gasteiger partial charge in [-0.1, -0.05) is 6.07 Å². The van der Waals surface area contributed by atoms with Crippen molar-refractivity contribution in [3.05, 3.63) is 51.7 Å². The first-order chi connectivity index (χ1) is 8.83. The molecule has 2 nitrogen and oxygen atoms in total. The van der Waals surface area contributed by atoms with E-state index >= 15 is 0 Å². The third-order valence-corrected chi connectivity index (χ3v) is 4.13. The molecule has 1 aromatic heterocycles. The number of thiophene rings is 1. The molecule has 3 heteroatoms. The van der Waals surface area contributed by atoms with E-state index in [0.717, 1.165) is 30.6 Å². The molecule has 1 atom stereocenters. The second-order valence-corrected chi connectivity index (χ2v) is 5.43. The largest absolute Gasteiger partial charge is 0.493 e. The Bertz CT molecular complexity index is 519. The Morgan fingerprint density at radius 2 is 2.28 bits per heavy atom. The van der Waals surface area contributed by atoms with Gasteiger partial charge in [-0.15, -0.1) is 0 Å². The summed E-state index contributed by atoms with van der Waals surface area (Å²) in [7, 11) is 0. The molecule has 0 bridgehead atoms. The van der Waals surface area contributed by atoms with E-state index in [4.69, 9.17) is 4.74 Å². The first-order valence-corrected chi connectivity index (χ1v) is 7.22. The van der Waals surface area contributed by atoms with Crippen molar-refractivity contribution in [3.63, 3.8) is 0 Å². The van der Waals surface area contributed by atoms with Crippen molar-refractivity contribution in [2.24, 2.45) is 0 Å². The summed E-state index contributed by atoms with van der Waals surface area (Å²) in [6, 6.07) is 8.15. The molecule has 1 aliphatic rings. The van der Waals surface area contributed by atoms with Crippen LogP contribution in [0.4, 0.5) is 0 Å². The molecular formula is C15H16O2S. The Hall–Kier alpha value is -1.32. The zero-order valence-electron chi connectivity index (χ0n) is 10.1. The summed E-state index contributed by atoms with van der Waals surface area (Å²) in [5.74, 6) is 0.915. The molecule has 0 unspecified atom stereocenters. The Morgan fingerprint density at radius 1 is 1.33 bits per heavy atom. The number of aryl methyl sites for hydroxylation is 1. The lowest BCUT2D eigenvalue weighted by Gasteiger charge is -2.08. The number of benzene rings is 1. The number of aliphatic hydroxyl groups is 1. The molecule has 18 heavy (non-hydrogen) atoms. The highest BCUT2D eigenvalue weighted by molar-refractivity contribution is 7.07. The average Bonchev–Trinajstić information content (AvgIpc) is 3.00. The smallest absolute Gasteiger partial charge is 0.119 e. The minimum absolute atomic E-state index is 0.278.